The summed E-state index contributed by atoms with van der Waals surface area (Å²) in [5.41, 5.74) is 4.54. The summed E-state index contributed by atoms with van der Waals surface area (Å²) in [7, 11) is 0. The smallest absolute Gasteiger partial charge is 0.410 e. The number of carbonyl (C=O) groups excluding carboxylic acids is 1. The average molecular weight is 367 g/mol. The maximum absolute atomic E-state index is 12.7. The number of nitrogens with zero attached hydrogens (tertiary/aromatic N) is 1. The van der Waals surface area contributed by atoms with Gasteiger partial charge in [0.15, 0.2) is 6.04 Å². The van der Waals surface area contributed by atoms with Crippen molar-refractivity contribution in [2.24, 2.45) is 0 Å². The summed E-state index contributed by atoms with van der Waals surface area (Å²) in [5, 5.41) is 9.39. The van der Waals surface area contributed by atoms with Crippen LogP contribution in [0.25, 0.3) is 11.1 Å². The van der Waals surface area contributed by atoms with Crippen molar-refractivity contribution in [1.29, 1.82) is 0 Å². The fourth-order valence-electron chi connectivity index (χ4n) is 3.98. The first-order chi connectivity index (χ1) is 13.1. The highest BCUT2D eigenvalue weighted by atomic mass is 16.6. The largest absolute Gasteiger partial charge is 0.480 e. The summed E-state index contributed by atoms with van der Waals surface area (Å²) in [6, 6.07) is 14.8. The Hall–Kier alpha value is -2.86. The van der Waals surface area contributed by atoms with Crippen molar-refractivity contribution in [3.8, 4) is 11.1 Å². The molecule has 1 aliphatic heterocycles. The number of fused-ring (bicyclic) bond motifs is 3. The molecule has 140 valence electrons. The lowest BCUT2D eigenvalue weighted by atomic mass is 9.98. The van der Waals surface area contributed by atoms with E-state index in [0.29, 0.717) is 6.61 Å². The topological polar surface area (TPSA) is 76.1 Å². The van der Waals surface area contributed by atoms with E-state index in [4.69, 9.17) is 9.47 Å². The summed E-state index contributed by atoms with van der Waals surface area (Å²) in [6.07, 6.45) is -0.611. The third-order valence-electron chi connectivity index (χ3n) is 5.28. The first-order valence-corrected chi connectivity index (χ1v) is 9.01. The van der Waals surface area contributed by atoms with Crippen molar-refractivity contribution in [3.63, 3.8) is 0 Å². The van der Waals surface area contributed by atoms with Gasteiger partial charge < -0.3 is 14.6 Å². The van der Waals surface area contributed by atoms with Crippen LogP contribution in [0.15, 0.2) is 48.5 Å². The quantitative estimate of drug-likeness (QED) is 0.902. The molecule has 2 aromatic carbocycles. The molecule has 1 N–H and O–H groups in total. The Morgan fingerprint density at radius 2 is 1.67 bits per heavy atom. The molecule has 0 aromatic heterocycles. The van der Waals surface area contributed by atoms with Crippen LogP contribution in [-0.4, -0.2) is 54.0 Å². The minimum absolute atomic E-state index is 0.0239. The number of morpholine rings is 1. The van der Waals surface area contributed by atoms with Crippen LogP contribution in [0, 0.1) is 0 Å². The highest BCUT2D eigenvalue weighted by Crippen LogP contribution is 2.44. The fraction of sp³-hybridized carbons (Fsp3) is 0.333. The molecule has 1 heterocycles. The Labute approximate surface area is 157 Å². The minimum Gasteiger partial charge on any atom is -0.480 e. The first-order valence-electron chi connectivity index (χ1n) is 9.01. The molecule has 2 aliphatic rings. The summed E-state index contributed by atoms with van der Waals surface area (Å²) in [5.74, 6) is -1.14. The van der Waals surface area contributed by atoms with Crippen LogP contribution in [0.3, 0.4) is 0 Å². The van der Waals surface area contributed by atoms with E-state index in [1.807, 2.05) is 36.4 Å². The van der Waals surface area contributed by atoms with Crippen LogP contribution in [0.4, 0.5) is 4.79 Å². The fourth-order valence-corrected chi connectivity index (χ4v) is 3.98. The lowest BCUT2D eigenvalue weighted by Gasteiger charge is -2.37. The molecule has 1 fully saturated rings. The molecule has 1 amide bonds. The Morgan fingerprint density at radius 3 is 2.26 bits per heavy atom. The number of hydrogen-bond acceptors (Lipinski definition) is 4. The molecule has 0 saturated carbocycles. The van der Waals surface area contributed by atoms with E-state index < -0.39 is 18.1 Å². The zero-order valence-corrected chi connectivity index (χ0v) is 15.0. The SMILES string of the molecule is CC1COCC(C(=O)O)N1C(=O)OCC1c2ccccc2-c2ccccc21. The van der Waals surface area contributed by atoms with E-state index in [2.05, 4.69) is 12.1 Å². The molecule has 0 bridgehead atoms. The van der Waals surface area contributed by atoms with Crippen molar-refractivity contribution >= 4 is 12.1 Å². The van der Waals surface area contributed by atoms with Crippen molar-refractivity contribution in [2.45, 2.75) is 24.9 Å². The summed E-state index contributed by atoms with van der Waals surface area (Å²) in [6.45, 7) is 2.21. The van der Waals surface area contributed by atoms with E-state index in [9.17, 15) is 14.7 Å². The predicted octanol–water partition coefficient (Wildman–Crippen LogP) is 3.11. The van der Waals surface area contributed by atoms with Gasteiger partial charge in [0.25, 0.3) is 0 Å². The first kappa shape index (κ1) is 17.5. The average Bonchev–Trinajstić information content (AvgIpc) is 3.00. The number of carboxylic acids is 1. The monoisotopic (exact) mass is 367 g/mol. The van der Waals surface area contributed by atoms with Crippen molar-refractivity contribution in [2.75, 3.05) is 19.8 Å². The Balaban J connectivity index is 1.55. The van der Waals surface area contributed by atoms with Gasteiger partial charge in [0, 0.05) is 5.92 Å². The Bertz CT molecular complexity index is 835. The van der Waals surface area contributed by atoms with Crippen LogP contribution in [0.5, 0.6) is 0 Å². The number of benzene rings is 2. The van der Waals surface area contributed by atoms with Crippen LogP contribution >= 0.6 is 0 Å². The molecule has 0 radical (unpaired) electrons. The molecule has 1 saturated heterocycles. The number of carbonyl (C=O) groups is 2. The number of ether oxygens (including phenoxy) is 2. The van der Waals surface area contributed by atoms with Gasteiger partial charge in [-0.05, 0) is 29.2 Å². The molecule has 0 spiro atoms. The van der Waals surface area contributed by atoms with Crippen LogP contribution in [0.1, 0.15) is 24.0 Å². The maximum atomic E-state index is 12.7. The molecule has 27 heavy (non-hydrogen) atoms. The normalized spacial score (nSPS) is 21.4. The Kier molecular flexibility index (Phi) is 4.58. The molecule has 2 aromatic rings. The summed E-state index contributed by atoms with van der Waals surface area (Å²) >= 11 is 0. The summed E-state index contributed by atoms with van der Waals surface area (Å²) in [4.78, 5) is 25.4. The van der Waals surface area contributed by atoms with Gasteiger partial charge in [0.05, 0.1) is 19.3 Å². The minimum atomic E-state index is -1.09. The number of carboxylic acid groups (broad SMARTS) is 1. The van der Waals surface area contributed by atoms with Gasteiger partial charge >= 0.3 is 12.1 Å². The van der Waals surface area contributed by atoms with Crippen LogP contribution in [-0.2, 0) is 14.3 Å². The van der Waals surface area contributed by atoms with Crippen molar-refractivity contribution < 1.29 is 24.2 Å². The van der Waals surface area contributed by atoms with Gasteiger partial charge in [-0.3, -0.25) is 4.90 Å². The van der Waals surface area contributed by atoms with Gasteiger partial charge in [-0.2, -0.15) is 0 Å². The van der Waals surface area contributed by atoms with E-state index in [1.165, 1.54) is 4.90 Å². The van der Waals surface area contributed by atoms with Gasteiger partial charge in [-0.1, -0.05) is 48.5 Å². The third-order valence-corrected chi connectivity index (χ3v) is 5.28. The van der Waals surface area contributed by atoms with E-state index in [1.54, 1.807) is 6.92 Å². The van der Waals surface area contributed by atoms with E-state index in [0.717, 1.165) is 22.3 Å². The van der Waals surface area contributed by atoms with Gasteiger partial charge in [-0.15, -0.1) is 0 Å². The lowest BCUT2D eigenvalue weighted by Crippen LogP contribution is -2.57. The molecule has 1 aliphatic carbocycles. The summed E-state index contributed by atoms with van der Waals surface area (Å²) < 4.78 is 10.9. The standard InChI is InChI=1S/C21H21NO5/c1-13-10-26-12-19(20(23)24)22(13)21(25)27-11-18-16-8-4-2-6-14(16)15-7-3-5-9-17(15)18/h2-9,13,18-19H,10-12H2,1H3,(H,23,24). The molecule has 2 unspecified atom stereocenters. The van der Waals surface area contributed by atoms with Gasteiger partial charge in [0.2, 0.25) is 0 Å². The van der Waals surface area contributed by atoms with Crippen LogP contribution in [0.2, 0.25) is 0 Å². The molecule has 2 atom stereocenters. The van der Waals surface area contributed by atoms with Gasteiger partial charge in [-0.25, -0.2) is 9.59 Å². The number of rotatable bonds is 3. The van der Waals surface area contributed by atoms with Crippen LogP contribution < -0.4 is 0 Å². The molecular formula is C21H21NO5. The zero-order valence-electron chi connectivity index (χ0n) is 15.0. The third kappa shape index (κ3) is 3.06. The Morgan fingerprint density at radius 1 is 1.07 bits per heavy atom. The number of aliphatic carboxylic acids is 1. The maximum Gasteiger partial charge on any atom is 0.410 e. The number of amides is 1. The molecule has 6 heteroatoms. The van der Waals surface area contributed by atoms with Gasteiger partial charge in [0.1, 0.15) is 6.61 Å². The van der Waals surface area contributed by atoms with E-state index >= 15 is 0 Å². The van der Waals surface area contributed by atoms with Crippen molar-refractivity contribution in [1.82, 2.24) is 4.90 Å². The second kappa shape index (κ2) is 7.04. The predicted molar refractivity (Wildman–Crippen MR) is 98.6 cm³/mol. The van der Waals surface area contributed by atoms with Crippen molar-refractivity contribution in [3.05, 3.63) is 59.7 Å². The molecule has 6 nitrogen and oxygen atoms in total. The zero-order chi connectivity index (χ0) is 19.0. The molecular weight excluding hydrogens is 346 g/mol. The highest BCUT2D eigenvalue weighted by molar-refractivity contribution is 5.81. The lowest BCUT2D eigenvalue weighted by molar-refractivity contribution is -0.151. The molecule has 4 rings (SSSR count). The second-order valence-corrected chi connectivity index (χ2v) is 6.95. The number of hydrogen-bond donors (Lipinski definition) is 1. The van der Waals surface area contributed by atoms with E-state index in [-0.39, 0.29) is 25.2 Å². The highest BCUT2D eigenvalue weighted by Gasteiger charge is 2.39. The second-order valence-electron chi connectivity index (χ2n) is 6.95.